The summed E-state index contributed by atoms with van der Waals surface area (Å²) < 4.78 is 4.25. The Labute approximate surface area is 152 Å². The maximum absolute atomic E-state index is 12.9. The van der Waals surface area contributed by atoms with Gasteiger partial charge in [0.1, 0.15) is 17.7 Å². The van der Waals surface area contributed by atoms with Gasteiger partial charge in [-0.1, -0.05) is 20.3 Å². The molecule has 3 atom stereocenters. The van der Waals surface area contributed by atoms with Crippen LogP contribution in [0.3, 0.4) is 0 Å². The number of carbonyl (C=O) groups excluding carboxylic acids is 2. The third-order valence-electron chi connectivity index (χ3n) is 3.59. The predicted octanol–water partition coefficient (Wildman–Crippen LogP) is 2.83. The first-order chi connectivity index (χ1) is 10.5. The third kappa shape index (κ3) is 5.23. The molecule has 0 aromatic heterocycles. The van der Waals surface area contributed by atoms with E-state index in [4.69, 9.17) is 4.74 Å². The van der Waals surface area contributed by atoms with Crippen molar-refractivity contribution in [2.75, 3.05) is 6.54 Å². The van der Waals surface area contributed by atoms with Crippen molar-refractivity contribution in [3.63, 3.8) is 0 Å². The lowest BCUT2D eigenvalue weighted by Gasteiger charge is -2.33. The number of ether oxygens (including phenoxy) is 1. The fraction of sp³-hybridized carbons (Fsp3) is 0.688. The molecule has 1 aliphatic rings. The molecule has 0 aliphatic carbocycles. The predicted molar refractivity (Wildman–Crippen MR) is 95.3 cm³/mol. The number of hydrogen-bond donors (Lipinski definition) is 1. The Balaban J connectivity index is 2.92. The first-order valence-electron chi connectivity index (χ1n) is 7.63. The molecule has 0 bridgehead atoms. The molecule has 1 aliphatic heterocycles. The summed E-state index contributed by atoms with van der Waals surface area (Å²) in [5, 5.41) is 12.0. The zero-order valence-corrected chi connectivity index (χ0v) is 16.4. The molecule has 0 spiro atoms. The number of hydrogen-bond acceptors (Lipinski definition) is 4. The number of amides is 2. The van der Waals surface area contributed by atoms with E-state index in [1.165, 1.54) is 4.90 Å². The highest BCUT2D eigenvalue weighted by atomic mass is 127. The summed E-state index contributed by atoms with van der Waals surface area (Å²) in [6, 6.07) is 1.41. The van der Waals surface area contributed by atoms with Crippen LogP contribution in [0.4, 0.5) is 4.79 Å². The summed E-state index contributed by atoms with van der Waals surface area (Å²) >= 11 is 1.94. The zero-order chi connectivity index (χ0) is 17.8. The van der Waals surface area contributed by atoms with Gasteiger partial charge < -0.3 is 15.0 Å². The Bertz CT molecular complexity index is 498. The van der Waals surface area contributed by atoms with Gasteiger partial charge in [-0.25, -0.2) is 4.79 Å². The number of rotatable bonds is 4. The van der Waals surface area contributed by atoms with Crippen LogP contribution >= 0.6 is 22.6 Å². The largest absolute Gasteiger partial charge is 0.444 e. The molecule has 128 valence electrons. The molecule has 1 saturated heterocycles. The molecule has 2 amide bonds. The van der Waals surface area contributed by atoms with Crippen LogP contribution in [0.5, 0.6) is 0 Å². The van der Waals surface area contributed by atoms with Crippen molar-refractivity contribution >= 4 is 34.6 Å². The minimum atomic E-state index is -1.00. The first kappa shape index (κ1) is 20.0. The van der Waals surface area contributed by atoms with Gasteiger partial charge >= 0.3 is 6.09 Å². The van der Waals surface area contributed by atoms with E-state index in [0.717, 1.165) is 0 Å². The molecule has 1 N–H and O–H groups in total. The highest BCUT2D eigenvalue weighted by Crippen LogP contribution is 2.34. The maximum atomic E-state index is 12.9. The van der Waals surface area contributed by atoms with Gasteiger partial charge in [0.15, 0.2) is 3.55 Å². The average Bonchev–Trinajstić information content (AvgIpc) is 2.84. The van der Waals surface area contributed by atoms with Crippen LogP contribution in [0.15, 0.2) is 0 Å². The number of nitrogens with zero attached hydrogens (tertiary/aromatic N) is 2. The van der Waals surface area contributed by atoms with E-state index in [1.54, 1.807) is 33.6 Å². The van der Waals surface area contributed by atoms with Gasteiger partial charge in [-0.2, -0.15) is 5.26 Å². The SMILES string of the molecule is CCC(C)[C@H](NC(=O)OC(C)(C)C)C(=O)N1C[CH][CH][C@]1(I)C#N. The molecule has 1 rings (SSSR count). The average molecular weight is 433 g/mol. The van der Waals surface area contributed by atoms with Crippen molar-refractivity contribution in [3.8, 4) is 6.07 Å². The molecule has 23 heavy (non-hydrogen) atoms. The second-order valence-electron chi connectivity index (χ2n) is 6.65. The molecule has 1 unspecified atom stereocenters. The normalized spacial score (nSPS) is 23.8. The molecular formula is C16H24IN3O3. The van der Waals surface area contributed by atoms with Crippen LogP contribution in [-0.4, -0.2) is 38.6 Å². The summed E-state index contributed by atoms with van der Waals surface area (Å²) in [4.78, 5) is 26.4. The quantitative estimate of drug-likeness (QED) is 0.420. The fourth-order valence-corrected chi connectivity index (χ4v) is 2.86. The third-order valence-corrected chi connectivity index (χ3v) is 4.78. The summed E-state index contributed by atoms with van der Waals surface area (Å²) in [7, 11) is 0. The Morgan fingerprint density at radius 1 is 1.52 bits per heavy atom. The van der Waals surface area contributed by atoms with E-state index in [1.807, 2.05) is 36.4 Å². The van der Waals surface area contributed by atoms with Gasteiger partial charge in [-0.15, -0.1) is 0 Å². The van der Waals surface area contributed by atoms with Gasteiger partial charge in [0.25, 0.3) is 0 Å². The Morgan fingerprint density at radius 2 is 2.13 bits per heavy atom. The van der Waals surface area contributed by atoms with Crippen LogP contribution in [0.2, 0.25) is 0 Å². The van der Waals surface area contributed by atoms with Crippen molar-refractivity contribution in [2.45, 2.75) is 56.2 Å². The number of nitriles is 1. The van der Waals surface area contributed by atoms with E-state index in [9.17, 15) is 14.9 Å². The van der Waals surface area contributed by atoms with Crippen molar-refractivity contribution < 1.29 is 14.3 Å². The molecular weight excluding hydrogens is 409 g/mol. The van der Waals surface area contributed by atoms with Crippen molar-refractivity contribution in [3.05, 3.63) is 12.8 Å². The molecule has 0 aromatic carbocycles. The first-order valence-corrected chi connectivity index (χ1v) is 8.70. The highest BCUT2D eigenvalue weighted by molar-refractivity contribution is 14.1. The number of alkyl halides is 1. The maximum Gasteiger partial charge on any atom is 0.408 e. The van der Waals surface area contributed by atoms with E-state index in [-0.39, 0.29) is 11.8 Å². The minimum absolute atomic E-state index is 0.0741. The van der Waals surface area contributed by atoms with E-state index in [0.29, 0.717) is 13.0 Å². The molecule has 1 fully saturated rings. The summed E-state index contributed by atoms with van der Waals surface area (Å²) in [6.07, 6.45) is 3.58. The van der Waals surface area contributed by atoms with Crippen LogP contribution in [0.25, 0.3) is 0 Å². The molecule has 1 heterocycles. The highest BCUT2D eigenvalue weighted by Gasteiger charge is 2.45. The summed E-state index contributed by atoms with van der Waals surface area (Å²) in [6.45, 7) is 9.50. The van der Waals surface area contributed by atoms with E-state index in [2.05, 4.69) is 11.4 Å². The topological polar surface area (TPSA) is 82.4 Å². The van der Waals surface area contributed by atoms with Crippen molar-refractivity contribution in [2.24, 2.45) is 5.92 Å². The van der Waals surface area contributed by atoms with Crippen LogP contribution in [0, 0.1) is 30.1 Å². The number of likely N-dealkylation sites (tertiary alicyclic amines) is 1. The second kappa shape index (κ2) is 7.69. The minimum Gasteiger partial charge on any atom is -0.444 e. The Kier molecular flexibility index (Phi) is 6.69. The smallest absolute Gasteiger partial charge is 0.408 e. The second-order valence-corrected chi connectivity index (χ2v) is 8.29. The molecule has 0 aromatic rings. The molecule has 2 radical (unpaired) electrons. The molecule has 0 saturated carbocycles. The number of alkyl carbamates (subject to hydrolysis) is 1. The lowest BCUT2D eigenvalue weighted by molar-refractivity contribution is -0.134. The van der Waals surface area contributed by atoms with Gasteiger partial charge in [0.2, 0.25) is 5.91 Å². The Hall–Kier alpha value is -1.04. The molecule has 7 heteroatoms. The summed E-state index contributed by atoms with van der Waals surface area (Å²) in [5.74, 6) is -0.346. The fourth-order valence-electron chi connectivity index (χ4n) is 2.17. The lowest BCUT2D eigenvalue weighted by atomic mass is 9.97. The Morgan fingerprint density at radius 3 is 2.61 bits per heavy atom. The van der Waals surface area contributed by atoms with Crippen LogP contribution in [0.1, 0.15) is 41.0 Å². The van der Waals surface area contributed by atoms with Gasteiger partial charge in [-0.05, 0) is 55.7 Å². The van der Waals surface area contributed by atoms with E-state index < -0.39 is 21.3 Å². The van der Waals surface area contributed by atoms with E-state index >= 15 is 0 Å². The van der Waals surface area contributed by atoms with Crippen LogP contribution in [-0.2, 0) is 9.53 Å². The molecule has 6 nitrogen and oxygen atoms in total. The monoisotopic (exact) mass is 433 g/mol. The van der Waals surface area contributed by atoms with Gasteiger partial charge in [-0.3, -0.25) is 4.79 Å². The van der Waals surface area contributed by atoms with Crippen LogP contribution < -0.4 is 5.32 Å². The van der Waals surface area contributed by atoms with Crippen molar-refractivity contribution in [1.82, 2.24) is 10.2 Å². The number of halogens is 1. The lowest BCUT2D eigenvalue weighted by Crippen LogP contribution is -2.55. The summed E-state index contributed by atoms with van der Waals surface area (Å²) in [5.41, 5.74) is -0.637. The number of carbonyl (C=O) groups is 2. The standard InChI is InChI=1S/C16H24IN3O3/c1-6-11(2)12(19-14(22)23-15(3,4)5)13(21)20-9-7-8-16(20,17)10-18/h7-8,11-12H,6,9H2,1-5H3,(H,19,22)/t11?,12-,16+/m0/s1. The van der Waals surface area contributed by atoms with Crippen molar-refractivity contribution in [1.29, 1.82) is 5.26 Å². The van der Waals surface area contributed by atoms with Gasteiger partial charge in [0, 0.05) is 13.0 Å². The number of nitrogens with one attached hydrogen (secondary N) is 1. The zero-order valence-electron chi connectivity index (χ0n) is 14.2. The van der Waals surface area contributed by atoms with Gasteiger partial charge in [0.05, 0.1) is 0 Å².